The molecule has 0 radical (unpaired) electrons. The molecule has 0 aliphatic carbocycles. The zero-order valence-corrected chi connectivity index (χ0v) is 9.95. The molecule has 0 bridgehead atoms. The van der Waals surface area contributed by atoms with E-state index in [4.69, 9.17) is 5.11 Å². The molecule has 1 aromatic heterocycles. The molecule has 2 heterocycles. The first-order valence-electron chi connectivity index (χ1n) is 5.25. The van der Waals surface area contributed by atoms with E-state index >= 15 is 0 Å². The first-order chi connectivity index (χ1) is 8.63. The summed E-state index contributed by atoms with van der Waals surface area (Å²) in [6, 6.07) is 5.51. The average Bonchev–Trinajstić information content (AvgIpc) is 2.91. The zero-order valence-electron chi connectivity index (χ0n) is 9.14. The van der Waals surface area contributed by atoms with Gasteiger partial charge in [-0.05, 0) is 17.7 Å². The third-order valence-electron chi connectivity index (χ3n) is 2.71. The van der Waals surface area contributed by atoms with Gasteiger partial charge < -0.3 is 10.4 Å². The normalized spacial score (nSPS) is 13.2. The van der Waals surface area contributed by atoms with Crippen molar-refractivity contribution in [3.8, 4) is 11.3 Å². The Balaban J connectivity index is 2.00. The van der Waals surface area contributed by atoms with E-state index in [-0.39, 0.29) is 10.9 Å². The highest BCUT2D eigenvalue weighted by molar-refractivity contribution is 7.11. The molecule has 90 valence electrons. The number of carboxylic acids is 1. The number of fused-ring (bicyclic) bond motifs is 1. The molecule has 1 aliphatic heterocycles. The highest BCUT2D eigenvalue weighted by Gasteiger charge is 2.18. The second kappa shape index (κ2) is 3.92. The van der Waals surface area contributed by atoms with Crippen molar-refractivity contribution in [1.82, 2.24) is 4.98 Å². The van der Waals surface area contributed by atoms with E-state index in [9.17, 15) is 9.59 Å². The number of aromatic nitrogens is 1. The lowest BCUT2D eigenvalue weighted by Gasteiger charge is -2.01. The number of benzene rings is 1. The fourth-order valence-electron chi connectivity index (χ4n) is 1.89. The third-order valence-corrected chi connectivity index (χ3v) is 3.54. The molecular formula is C12H8N2O3S. The number of thiazole rings is 1. The number of rotatable bonds is 2. The summed E-state index contributed by atoms with van der Waals surface area (Å²) < 4.78 is 0. The molecule has 3 rings (SSSR count). The van der Waals surface area contributed by atoms with Gasteiger partial charge >= 0.3 is 5.97 Å². The maximum absolute atomic E-state index is 11.2. The van der Waals surface area contributed by atoms with Crippen LogP contribution in [0.3, 0.4) is 0 Å². The predicted molar refractivity (Wildman–Crippen MR) is 66.8 cm³/mol. The molecular weight excluding hydrogens is 252 g/mol. The van der Waals surface area contributed by atoms with Gasteiger partial charge in [-0.25, -0.2) is 9.78 Å². The molecule has 0 unspecified atom stereocenters. The number of carbonyl (C=O) groups excluding carboxylic acids is 1. The molecule has 0 saturated heterocycles. The van der Waals surface area contributed by atoms with Crippen molar-refractivity contribution in [3.63, 3.8) is 0 Å². The number of amides is 1. The lowest BCUT2D eigenvalue weighted by Crippen LogP contribution is -2.03. The van der Waals surface area contributed by atoms with Crippen LogP contribution in [-0.2, 0) is 11.2 Å². The van der Waals surface area contributed by atoms with E-state index in [1.807, 2.05) is 18.2 Å². The summed E-state index contributed by atoms with van der Waals surface area (Å²) in [5, 5.41) is 13.3. The van der Waals surface area contributed by atoms with Crippen molar-refractivity contribution in [2.24, 2.45) is 0 Å². The monoisotopic (exact) mass is 260 g/mol. The molecule has 2 N–H and O–H groups in total. The van der Waals surface area contributed by atoms with Crippen LogP contribution in [0.5, 0.6) is 0 Å². The Labute approximate surface area is 106 Å². The van der Waals surface area contributed by atoms with Crippen LogP contribution in [0, 0.1) is 0 Å². The topological polar surface area (TPSA) is 79.3 Å². The van der Waals surface area contributed by atoms with Gasteiger partial charge in [-0.3, -0.25) is 4.79 Å². The summed E-state index contributed by atoms with van der Waals surface area (Å²) in [6.45, 7) is 0. The minimum Gasteiger partial charge on any atom is -0.476 e. The van der Waals surface area contributed by atoms with Crippen LogP contribution in [0.1, 0.15) is 15.4 Å². The minimum atomic E-state index is -1.02. The smallest absolute Gasteiger partial charge is 0.365 e. The Hall–Kier alpha value is -2.21. The van der Waals surface area contributed by atoms with Crippen LogP contribution < -0.4 is 5.32 Å². The summed E-state index contributed by atoms with van der Waals surface area (Å²) in [7, 11) is 0. The fraction of sp³-hybridized carbons (Fsp3) is 0.0833. The molecule has 18 heavy (non-hydrogen) atoms. The molecule has 2 aromatic rings. The summed E-state index contributed by atoms with van der Waals surface area (Å²) in [4.78, 5) is 26.0. The maximum atomic E-state index is 11.2. The quantitative estimate of drug-likeness (QED) is 0.865. The minimum absolute atomic E-state index is 0.0216. The number of hydrogen-bond acceptors (Lipinski definition) is 4. The van der Waals surface area contributed by atoms with Gasteiger partial charge in [-0.2, -0.15) is 0 Å². The number of nitrogens with zero attached hydrogens (tertiary/aromatic N) is 1. The Bertz CT molecular complexity index is 663. The number of hydrogen-bond donors (Lipinski definition) is 2. The molecule has 6 heteroatoms. The highest BCUT2D eigenvalue weighted by Crippen LogP contribution is 2.29. The van der Waals surface area contributed by atoms with E-state index in [0.717, 1.165) is 28.2 Å². The fourth-order valence-corrected chi connectivity index (χ4v) is 2.56. The maximum Gasteiger partial charge on any atom is 0.365 e. The first-order valence-corrected chi connectivity index (χ1v) is 6.13. The van der Waals surface area contributed by atoms with E-state index in [0.29, 0.717) is 12.1 Å². The predicted octanol–water partition coefficient (Wildman–Crippen LogP) is 2.00. The summed E-state index contributed by atoms with van der Waals surface area (Å²) in [6.07, 6.45) is 0.360. The molecule has 5 nitrogen and oxygen atoms in total. The van der Waals surface area contributed by atoms with Gasteiger partial charge in [-0.1, -0.05) is 6.07 Å². The second-order valence-electron chi connectivity index (χ2n) is 3.94. The Morgan fingerprint density at radius 3 is 3.00 bits per heavy atom. The standard InChI is InChI=1S/C12H8N2O3S/c15-10-4-7-3-6(1-2-8(7)13-10)9-5-18-11(14-9)12(16)17/h1-3,5H,4H2,(H,13,15)(H,16,17). The molecule has 0 saturated carbocycles. The largest absolute Gasteiger partial charge is 0.476 e. The van der Waals surface area contributed by atoms with Crippen molar-refractivity contribution in [2.45, 2.75) is 6.42 Å². The van der Waals surface area contributed by atoms with Gasteiger partial charge in [0.2, 0.25) is 10.9 Å². The van der Waals surface area contributed by atoms with Gasteiger partial charge in [0.25, 0.3) is 0 Å². The van der Waals surface area contributed by atoms with Crippen molar-refractivity contribution in [3.05, 3.63) is 34.2 Å². The molecule has 0 fully saturated rings. The van der Waals surface area contributed by atoms with E-state index in [1.54, 1.807) is 5.38 Å². The van der Waals surface area contributed by atoms with Crippen LogP contribution in [0.15, 0.2) is 23.6 Å². The Morgan fingerprint density at radius 1 is 1.44 bits per heavy atom. The number of anilines is 1. The van der Waals surface area contributed by atoms with Crippen molar-refractivity contribution in [1.29, 1.82) is 0 Å². The van der Waals surface area contributed by atoms with E-state index in [2.05, 4.69) is 10.3 Å². The van der Waals surface area contributed by atoms with Gasteiger partial charge in [0, 0.05) is 16.6 Å². The van der Waals surface area contributed by atoms with Crippen molar-refractivity contribution >= 4 is 28.9 Å². The molecule has 1 amide bonds. The van der Waals surface area contributed by atoms with Gasteiger partial charge in [-0.15, -0.1) is 11.3 Å². The molecule has 0 spiro atoms. The van der Waals surface area contributed by atoms with Crippen LogP contribution in [0.4, 0.5) is 5.69 Å². The number of carbonyl (C=O) groups is 2. The number of aromatic carboxylic acids is 1. The number of nitrogens with one attached hydrogen (secondary N) is 1. The molecule has 0 atom stereocenters. The van der Waals surface area contributed by atoms with Crippen LogP contribution >= 0.6 is 11.3 Å². The summed E-state index contributed by atoms with van der Waals surface area (Å²) >= 11 is 1.09. The number of carboxylic acid groups (broad SMARTS) is 1. The van der Waals surface area contributed by atoms with E-state index < -0.39 is 5.97 Å². The Kier molecular flexibility index (Phi) is 2.38. The zero-order chi connectivity index (χ0) is 12.7. The lowest BCUT2D eigenvalue weighted by atomic mass is 10.1. The van der Waals surface area contributed by atoms with Gasteiger partial charge in [0.15, 0.2) is 0 Å². The van der Waals surface area contributed by atoms with Crippen LogP contribution in [-0.4, -0.2) is 22.0 Å². The third kappa shape index (κ3) is 1.76. The second-order valence-corrected chi connectivity index (χ2v) is 4.80. The van der Waals surface area contributed by atoms with E-state index in [1.165, 1.54) is 0 Å². The average molecular weight is 260 g/mol. The molecule has 1 aromatic carbocycles. The molecule has 1 aliphatic rings. The summed E-state index contributed by atoms with van der Waals surface area (Å²) in [5.41, 5.74) is 3.19. The van der Waals surface area contributed by atoms with Gasteiger partial charge in [0.05, 0.1) is 12.1 Å². The van der Waals surface area contributed by atoms with Crippen LogP contribution in [0.25, 0.3) is 11.3 Å². The Morgan fingerprint density at radius 2 is 2.28 bits per heavy atom. The van der Waals surface area contributed by atoms with Crippen molar-refractivity contribution < 1.29 is 14.7 Å². The SMILES string of the molecule is O=C1Cc2cc(-c3csc(C(=O)O)n3)ccc2N1. The first kappa shape index (κ1) is 10.9. The van der Waals surface area contributed by atoms with Crippen LogP contribution in [0.2, 0.25) is 0 Å². The highest BCUT2D eigenvalue weighted by atomic mass is 32.1. The van der Waals surface area contributed by atoms with Gasteiger partial charge in [0.1, 0.15) is 0 Å². The lowest BCUT2D eigenvalue weighted by molar-refractivity contribution is -0.115. The van der Waals surface area contributed by atoms with Crippen molar-refractivity contribution in [2.75, 3.05) is 5.32 Å². The summed E-state index contributed by atoms with van der Waals surface area (Å²) in [5.74, 6) is -1.05.